The van der Waals surface area contributed by atoms with E-state index in [1.165, 1.54) is 31.2 Å². The van der Waals surface area contributed by atoms with Gasteiger partial charge >= 0.3 is 0 Å². The fourth-order valence-electron chi connectivity index (χ4n) is 3.14. The van der Waals surface area contributed by atoms with Gasteiger partial charge in [0.25, 0.3) is 0 Å². The SMILES string of the molecule is CN=C(NCc1ccccc1OCC1CC1)NCC(C1CC1)N(C)C.I. The quantitative estimate of drug-likeness (QED) is 0.330. The Hall–Kier alpha value is -1.02. The van der Waals surface area contributed by atoms with Crippen LogP contribution in [0.25, 0.3) is 0 Å². The number of halogens is 1. The van der Waals surface area contributed by atoms with Gasteiger partial charge in [0.1, 0.15) is 5.75 Å². The average Bonchev–Trinajstić information content (AvgIpc) is 3.50. The zero-order chi connectivity index (χ0) is 17.6. The van der Waals surface area contributed by atoms with Gasteiger partial charge in [0, 0.05) is 31.7 Å². The van der Waals surface area contributed by atoms with Crippen LogP contribution >= 0.6 is 24.0 Å². The van der Waals surface area contributed by atoms with Crippen molar-refractivity contribution in [2.75, 3.05) is 34.3 Å². The fourth-order valence-corrected chi connectivity index (χ4v) is 3.14. The van der Waals surface area contributed by atoms with Crippen LogP contribution in [-0.2, 0) is 6.54 Å². The first kappa shape index (κ1) is 21.3. The Morgan fingerprint density at radius 1 is 1.19 bits per heavy atom. The standard InChI is InChI=1S/C20H32N4O.HI/c1-21-20(23-13-18(24(2)3)16-10-11-16)22-12-17-6-4-5-7-19(17)25-14-15-8-9-15;/h4-7,15-16,18H,8-14H2,1-3H3,(H2,21,22,23);1H. The van der Waals surface area contributed by atoms with E-state index in [-0.39, 0.29) is 24.0 Å². The molecule has 6 heteroatoms. The maximum absolute atomic E-state index is 5.99. The van der Waals surface area contributed by atoms with Crippen LogP contribution in [0.4, 0.5) is 0 Å². The number of nitrogens with one attached hydrogen (secondary N) is 2. The molecule has 146 valence electrons. The van der Waals surface area contributed by atoms with E-state index in [0.717, 1.165) is 43.2 Å². The van der Waals surface area contributed by atoms with E-state index < -0.39 is 0 Å². The lowest BCUT2D eigenvalue weighted by Crippen LogP contribution is -2.45. The molecule has 0 radical (unpaired) electrons. The summed E-state index contributed by atoms with van der Waals surface area (Å²) in [6.07, 6.45) is 5.32. The summed E-state index contributed by atoms with van der Waals surface area (Å²) in [5.41, 5.74) is 1.18. The molecule has 0 aliphatic heterocycles. The molecule has 0 heterocycles. The molecule has 0 spiro atoms. The van der Waals surface area contributed by atoms with E-state index in [4.69, 9.17) is 4.74 Å². The number of hydrogen-bond donors (Lipinski definition) is 2. The van der Waals surface area contributed by atoms with Crippen molar-refractivity contribution in [1.29, 1.82) is 0 Å². The van der Waals surface area contributed by atoms with Crippen molar-refractivity contribution in [2.45, 2.75) is 38.3 Å². The molecule has 0 bridgehead atoms. The second-order valence-electron chi connectivity index (χ2n) is 7.54. The highest BCUT2D eigenvalue weighted by molar-refractivity contribution is 14.0. The van der Waals surface area contributed by atoms with E-state index in [1.54, 1.807) is 0 Å². The highest BCUT2D eigenvalue weighted by Gasteiger charge is 2.32. The van der Waals surface area contributed by atoms with Gasteiger partial charge in [0.15, 0.2) is 5.96 Å². The third kappa shape index (κ3) is 6.61. The summed E-state index contributed by atoms with van der Waals surface area (Å²) in [5.74, 6) is 3.43. The van der Waals surface area contributed by atoms with Crippen LogP contribution in [0.5, 0.6) is 5.75 Å². The predicted molar refractivity (Wildman–Crippen MR) is 118 cm³/mol. The smallest absolute Gasteiger partial charge is 0.191 e. The van der Waals surface area contributed by atoms with Gasteiger partial charge in [-0.3, -0.25) is 4.99 Å². The first-order valence-corrected chi connectivity index (χ1v) is 9.49. The van der Waals surface area contributed by atoms with Gasteiger partial charge in [-0.05, 0) is 57.7 Å². The third-order valence-electron chi connectivity index (χ3n) is 5.12. The summed E-state index contributed by atoms with van der Waals surface area (Å²) in [5, 5.41) is 6.90. The average molecular weight is 472 g/mol. The molecule has 26 heavy (non-hydrogen) atoms. The summed E-state index contributed by atoms with van der Waals surface area (Å²) < 4.78 is 5.99. The molecule has 0 saturated heterocycles. The number of guanidine groups is 1. The molecule has 1 atom stereocenters. The van der Waals surface area contributed by atoms with Gasteiger partial charge in [-0.25, -0.2) is 0 Å². The molecule has 2 fully saturated rings. The van der Waals surface area contributed by atoms with Crippen LogP contribution in [0.1, 0.15) is 31.2 Å². The highest BCUT2D eigenvalue weighted by Crippen LogP contribution is 2.34. The number of likely N-dealkylation sites (N-methyl/N-ethyl adjacent to an activating group) is 1. The Balaban J connectivity index is 0.00000243. The zero-order valence-electron chi connectivity index (χ0n) is 16.2. The highest BCUT2D eigenvalue weighted by atomic mass is 127. The zero-order valence-corrected chi connectivity index (χ0v) is 18.5. The predicted octanol–water partition coefficient (Wildman–Crippen LogP) is 3.10. The summed E-state index contributed by atoms with van der Waals surface area (Å²) in [4.78, 5) is 6.68. The summed E-state index contributed by atoms with van der Waals surface area (Å²) in [7, 11) is 6.15. The van der Waals surface area contributed by atoms with Crippen LogP contribution in [-0.4, -0.2) is 51.2 Å². The molecule has 2 aliphatic rings. The maximum Gasteiger partial charge on any atom is 0.191 e. The second-order valence-corrected chi connectivity index (χ2v) is 7.54. The largest absolute Gasteiger partial charge is 0.493 e. The number of para-hydroxylation sites is 1. The Bertz CT molecular complexity index is 583. The van der Waals surface area contributed by atoms with Gasteiger partial charge in [0.2, 0.25) is 0 Å². The normalized spacial score (nSPS) is 18.2. The lowest BCUT2D eigenvalue weighted by Gasteiger charge is -2.25. The van der Waals surface area contributed by atoms with Crippen molar-refractivity contribution in [3.63, 3.8) is 0 Å². The number of benzene rings is 1. The first-order chi connectivity index (χ1) is 12.2. The van der Waals surface area contributed by atoms with Crippen molar-refractivity contribution in [3.05, 3.63) is 29.8 Å². The minimum atomic E-state index is 0. The lowest BCUT2D eigenvalue weighted by molar-refractivity contribution is 0.264. The molecular weight excluding hydrogens is 439 g/mol. The minimum Gasteiger partial charge on any atom is -0.493 e. The third-order valence-corrected chi connectivity index (χ3v) is 5.12. The van der Waals surface area contributed by atoms with E-state index in [9.17, 15) is 0 Å². The molecule has 2 N–H and O–H groups in total. The van der Waals surface area contributed by atoms with Crippen molar-refractivity contribution in [3.8, 4) is 5.75 Å². The van der Waals surface area contributed by atoms with Gasteiger partial charge in [-0.1, -0.05) is 18.2 Å². The monoisotopic (exact) mass is 472 g/mol. The van der Waals surface area contributed by atoms with E-state index >= 15 is 0 Å². The molecule has 2 aliphatic carbocycles. The van der Waals surface area contributed by atoms with Crippen molar-refractivity contribution in [1.82, 2.24) is 15.5 Å². The topological polar surface area (TPSA) is 48.9 Å². The number of nitrogens with zero attached hydrogens (tertiary/aromatic N) is 2. The van der Waals surface area contributed by atoms with Gasteiger partial charge in [0.05, 0.1) is 6.61 Å². The van der Waals surface area contributed by atoms with Crippen molar-refractivity contribution >= 4 is 29.9 Å². The second kappa shape index (κ2) is 10.3. The Kier molecular flexibility index (Phi) is 8.47. The van der Waals surface area contributed by atoms with Crippen LogP contribution in [0, 0.1) is 11.8 Å². The number of aliphatic imine (C=N–C) groups is 1. The van der Waals surface area contributed by atoms with E-state index in [0.29, 0.717) is 6.04 Å². The number of hydrogen-bond acceptors (Lipinski definition) is 3. The minimum absolute atomic E-state index is 0. The van der Waals surface area contributed by atoms with Crippen LogP contribution in [0.3, 0.4) is 0 Å². The molecule has 2 saturated carbocycles. The molecule has 0 aromatic heterocycles. The molecule has 1 aromatic rings. The van der Waals surface area contributed by atoms with Gasteiger partial charge in [-0.15, -0.1) is 24.0 Å². The van der Waals surface area contributed by atoms with Crippen LogP contribution in [0.15, 0.2) is 29.3 Å². The van der Waals surface area contributed by atoms with Crippen LogP contribution < -0.4 is 15.4 Å². The Morgan fingerprint density at radius 2 is 1.92 bits per heavy atom. The molecule has 5 nitrogen and oxygen atoms in total. The maximum atomic E-state index is 5.99. The van der Waals surface area contributed by atoms with E-state index in [1.807, 2.05) is 13.1 Å². The fraction of sp³-hybridized carbons (Fsp3) is 0.650. The number of ether oxygens (including phenoxy) is 1. The van der Waals surface area contributed by atoms with Gasteiger partial charge < -0.3 is 20.3 Å². The summed E-state index contributed by atoms with van der Waals surface area (Å²) in [6.45, 7) is 2.49. The van der Waals surface area contributed by atoms with Crippen LogP contribution in [0.2, 0.25) is 0 Å². The lowest BCUT2D eigenvalue weighted by atomic mass is 10.1. The molecular formula is C20H33IN4O. The van der Waals surface area contributed by atoms with E-state index in [2.05, 4.69) is 52.8 Å². The molecule has 0 amide bonds. The first-order valence-electron chi connectivity index (χ1n) is 9.49. The molecule has 1 unspecified atom stereocenters. The molecule has 1 aromatic carbocycles. The van der Waals surface area contributed by atoms with Gasteiger partial charge in [-0.2, -0.15) is 0 Å². The summed E-state index contributed by atoms with van der Waals surface area (Å²) >= 11 is 0. The Labute approximate surface area is 175 Å². The van der Waals surface area contributed by atoms with Crippen molar-refractivity contribution in [2.24, 2.45) is 16.8 Å². The number of rotatable bonds is 9. The molecule has 3 rings (SSSR count). The van der Waals surface area contributed by atoms with Crippen molar-refractivity contribution < 1.29 is 4.74 Å². The Morgan fingerprint density at radius 3 is 2.54 bits per heavy atom. The summed E-state index contributed by atoms with van der Waals surface area (Å²) in [6, 6.07) is 8.86.